The summed E-state index contributed by atoms with van der Waals surface area (Å²) in [5.41, 5.74) is 3.29. The summed E-state index contributed by atoms with van der Waals surface area (Å²) in [5, 5.41) is 0. The molecule has 1 rings (SSSR count). The van der Waals surface area contributed by atoms with Gasteiger partial charge in [-0.1, -0.05) is 17.6 Å². The highest BCUT2D eigenvalue weighted by Gasteiger charge is 2.05. The third-order valence-electron chi connectivity index (χ3n) is 2.16. The lowest BCUT2D eigenvalue weighted by molar-refractivity contribution is 0.593. The van der Waals surface area contributed by atoms with Crippen LogP contribution >= 0.6 is 0 Å². The molecule has 0 nitrogen and oxygen atoms in total. The molecule has 0 saturated heterocycles. The molecule has 1 aliphatic carbocycles. The van der Waals surface area contributed by atoms with Gasteiger partial charge in [-0.05, 0) is 39.5 Å². The maximum atomic E-state index is 2.24. The van der Waals surface area contributed by atoms with Gasteiger partial charge >= 0.3 is 0 Å². The molecule has 0 aromatic carbocycles. The Morgan fingerprint density at radius 3 is 1.89 bits per heavy atom. The molecule has 1 saturated carbocycles. The standard InChI is InChI=1S/C9H16/c1-8(2)9-6-4-3-5-7-9/h3-7H2,1-2H3. The fourth-order valence-corrected chi connectivity index (χ4v) is 1.48. The zero-order valence-electron chi connectivity index (χ0n) is 6.54. The fourth-order valence-electron chi connectivity index (χ4n) is 1.48. The third-order valence-corrected chi connectivity index (χ3v) is 2.16. The predicted octanol–water partition coefficient (Wildman–Crippen LogP) is 3.29. The largest absolute Gasteiger partial charge is 0.0772 e. The van der Waals surface area contributed by atoms with Gasteiger partial charge in [-0.15, -0.1) is 0 Å². The Bertz CT molecular complexity index is 108. The molecule has 0 heteroatoms. The van der Waals surface area contributed by atoms with E-state index in [4.69, 9.17) is 0 Å². The third kappa shape index (κ3) is 1.85. The van der Waals surface area contributed by atoms with Crippen molar-refractivity contribution < 1.29 is 0 Å². The molecule has 0 unspecified atom stereocenters. The molecular weight excluding hydrogens is 108 g/mol. The summed E-state index contributed by atoms with van der Waals surface area (Å²) in [6, 6.07) is 0. The van der Waals surface area contributed by atoms with Crippen molar-refractivity contribution in [1.29, 1.82) is 0 Å². The summed E-state index contributed by atoms with van der Waals surface area (Å²) in [6.07, 6.45) is 7.07. The first kappa shape index (κ1) is 6.85. The van der Waals surface area contributed by atoms with E-state index >= 15 is 0 Å². The molecule has 0 aromatic heterocycles. The highest BCUT2D eigenvalue weighted by atomic mass is 14.1. The van der Waals surface area contributed by atoms with Crippen LogP contribution in [0.1, 0.15) is 46.0 Å². The summed E-state index contributed by atoms with van der Waals surface area (Å²) in [6.45, 7) is 4.47. The Morgan fingerprint density at radius 1 is 1.00 bits per heavy atom. The second kappa shape index (κ2) is 3.05. The van der Waals surface area contributed by atoms with Gasteiger partial charge in [-0.25, -0.2) is 0 Å². The first-order valence-electron chi connectivity index (χ1n) is 3.96. The fraction of sp³-hybridized carbons (Fsp3) is 0.778. The lowest BCUT2D eigenvalue weighted by Crippen LogP contribution is -1.94. The molecule has 0 aliphatic heterocycles. The van der Waals surface area contributed by atoms with Crippen LogP contribution in [0.15, 0.2) is 11.1 Å². The van der Waals surface area contributed by atoms with Crippen molar-refractivity contribution in [3.8, 4) is 0 Å². The Balaban J connectivity index is 2.49. The van der Waals surface area contributed by atoms with Crippen LogP contribution in [0.5, 0.6) is 0 Å². The van der Waals surface area contributed by atoms with Gasteiger partial charge in [0.05, 0.1) is 0 Å². The van der Waals surface area contributed by atoms with Crippen molar-refractivity contribution >= 4 is 0 Å². The van der Waals surface area contributed by atoms with Gasteiger partial charge in [0.15, 0.2) is 0 Å². The normalized spacial score (nSPS) is 20.0. The highest BCUT2D eigenvalue weighted by Crippen LogP contribution is 2.24. The van der Waals surface area contributed by atoms with Crippen LogP contribution in [0, 0.1) is 0 Å². The summed E-state index contributed by atoms with van der Waals surface area (Å²) in [5.74, 6) is 0. The second-order valence-electron chi connectivity index (χ2n) is 3.16. The Morgan fingerprint density at radius 2 is 1.56 bits per heavy atom. The first-order valence-corrected chi connectivity index (χ1v) is 3.96. The van der Waals surface area contributed by atoms with Gasteiger partial charge in [0, 0.05) is 0 Å². The van der Waals surface area contributed by atoms with Crippen LogP contribution in [0.4, 0.5) is 0 Å². The summed E-state index contributed by atoms with van der Waals surface area (Å²) in [7, 11) is 0. The monoisotopic (exact) mass is 124 g/mol. The smallest absolute Gasteiger partial charge is 0.0318 e. The van der Waals surface area contributed by atoms with Gasteiger partial charge < -0.3 is 0 Å². The molecule has 1 fully saturated rings. The van der Waals surface area contributed by atoms with Gasteiger partial charge in [0.2, 0.25) is 0 Å². The van der Waals surface area contributed by atoms with Crippen LogP contribution in [-0.2, 0) is 0 Å². The molecule has 0 bridgehead atoms. The van der Waals surface area contributed by atoms with Gasteiger partial charge in [0.1, 0.15) is 0 Å². The molecule has 0 amide bonds. The van der Waals surface area contributed by atoms with Gasteiger partial charge in [-0.3, -0.25) is 0 Å². The quantitative estimate of drug-likeness (QED) is 0.435. The van der Waals surface area contributed by atoms with Gasteiger partial charge in [-0.2, -0.15) is 0 Å². The van der Waals surface area contributed by atoms with E-state index in [0.29, 0.717) is 0 Å². The topological polar surface area (TPSA) is 0 Å². The molecular formula is C9H16. The van der Waals surface area contributed by atoms with E-state index < -0.39 is 0 Å². The minimum atomic E-state index is 1.38. The maximum Gasteiger partial charge on any atom is -0.0318 e. The van der Waals surface area contributed by atoms with Crippen molar-refractivity contribution in [1.82, 2.24) is 0 Å². The lowest BCUT2D eigenvalue weighted by Gasteiger charge is -2.14. The lowest BCUT2D eigenvalue weighted by atomic mass is 9.92. The molecule has 0 aromatic rings. The molecule has 1 aliphatic rings. The highest BCUT2D eigenvalue weighted by molar-refractivity contribution is 5.10. The Kier molecular flexibility index (Phi) is 2.32. The SMILES string of the molecule is CC(C)=C1CCCCC1. The Hall–Kier alpha value is -0.260. The zero-order valence-corrected chi connectivity index (χ0v) is 6.54. The van der Waals surface area contributed by atoms with E-state index in [0.717, 1.165) is 0 Å². The summed E-state index contributed by atoms with van der Waals surface area (Å²) >= 11 is 0. The maximum absolute atomic E-state index is 2.24. The number of hydrogen-bond acceptors (Lipinski definition) is 0. The molecule has 52 valence electrons. The van der Waals surface area contributed by atoms with Crippen LogP contribution in [-0.4, -0.2) is 0 Å². The van der Waals surface area contributed by atoms with Gasteiger partial charge in [0.25, 0.3) is 0 Å². The average molecular weight is 124 g/mol. The van der Waals surface area contributed by atoms with Crippen LogP contribution in [0.3, 0.4) is 0 Å². The molecule has 0 heterocycles. The van der Waals surface area contributed by atoms with Crippen LogP contribution in [0.2, 0.25) is 0 Å². The van der Waals surface area contributed by atoms with Crippen molar-refractivity contribution in [2.45, 2.75) is 46.0 Å². The second-order valence-corrected chi connectivity index (χ2v) is 3.16. The van der Waals surface area contributed by atoms with E-state index in [-0.39, 0.29) is 0 Å². The van der Waals surface area contributed by atoms with Crippen molar-refractivity contribution in [2.24, 2.45) is 0 Å². The van der Waals surface area contributed by atoms with E-state index in [1.54, 1.807) is 11.1 Å². The van der Waals surface area contributed by atoms with E-state index in [9.17, 15) is 0 Å². The zero-order chi connectivity index (χ0) is 6.69. The number of hydrogen-bond donors (Lipinski definition) is 0. The molecule has 0 radical (unpaired) electrons. The van der Waals surface area contributed by atoms with Crippen LogP contribution < -0.4 is 0 Å². The first-order chi connectivity index (χ1) is 4.30. The average Bonchev–Trinajstić information content (AvgIpc) is 1.90. The van der Waals surface area contributed by atoms with Crippen molar-refractivity contribution in [3.63, 3.8) is 0 Å². The molecule has 9 heavy (non-hydrogen) atoms. The van der Waals surface area contributed by atoms with E-state index in [2.05, 4.69) is 13.8 Å². The minimum Gasteiger partial charge on any atom is -0.0772 e. The number of allylic oxidation sites excluding steroid dienone is 2. The molecule has 0 atom stereocenters. The molecule has 0 spiro atoms. The van der Waals surface area contributed by atoms with E-state index in [1.807, 2.05) is 0 Å². The molecule has 0 N–H and O–H groups in total. The van der Waals surface area contributed by atoms with Crippen LogP contribution in [0.25, 0.3) is 0 Å². The van der Waals surface area contributed by atoms with E-state index in [1.165, 1.54) is 32.1 Å². The minimum absolute atomic E-state index is 1.38. The summed E-state index contributed by atoms with van der Waals surface area (Å²) in [4.78, 5) is 0. The van der Waals surface area contributed by atoms with Crippen molar-refractivity contribution in [3.05, 3.63) is 11.1 Å². The van der Waals surface area contributed by atoms with Crippen molar-refractivity contribution in [2.75, 3.05) is 0 Å². The predicted molar refractivity (Wildman–Crippen MR) is 41.5 cm³/mol. The number of rotatable bonds is 0. The summed E-state index contributed by atoms with van der Waals surface area (Å²) < 4.78 is 0. The Labute approximate surface area is 58.0 Å².